The molecule has 1 unspecified atom stereocenters. The minimum Gasteiger partial charge on any atom is -0.457 e. The third-order valence-corrected chi connectivity index (χ3v) is 4.46. The lowest BCUT2D eigenvalue weighted by Gasteiger charge is -2.30. The van der Waals surface area contributed by atoms with Crippen molar-refractivity contribution in [2.24, 2.45) is 0 Å². The number of rotatable bonds is 5. The number of aromatic nitrogens is 3. The first kappa shape index (κ1) is 17.7. The summed E-state index contributed by atoms with van der Waals surface area (Å²) in [5.41, 5.74) is 0.672. The first-order valence-electron chi connectivity index (χ1n) is 8.13. The highest BCUT2D eigenvalue weighted by Gasteiger charge is 2.43. The van der Waals surface area contributed by atoms with Crippen molar-refractivity contribution in [1.29, 1.82) is 0 Å². The Bertz CT molecular complexity index is 974. The average Bonchev–Trinajstić information content (AvgIpc) is 3.28. The summed E-state index contributed by atoms with van der Waals surface area (Å²) < 4.78 is 19.7. The minimum atomic E-state index is -1.15. The summed E-state index contributed by atoms with van der Waals surface area (Å²) in [6.07, 6.45) is 4.62. The van der Waals surface area contributed by atoms with E-state index in [1.165, 1.54) is 6.33 Å². The van der Waals surface area contributed by atoms with Crippen LogP contribution in [0.2, 0.25) is 10.0 Å². The molecule has 138 valence electrons. The fourth-order valence-electron chi connectivity index (χ4n) is 2.81. The highest BCUT2D eigenvalue weighted by Crippen LogP contribution is 2.43. The summed E-state index contributed by atoms with van der Waals surface area (Å²) in [7, 11) is 0. The van der Waals surface area contributed by atoms with Gasteiger partial charge < -0.3 is 14.2 Å². The molecule has 2 heterocycles. The number of nitrogens with zero attached hydrogens (tertiary/aromatic N) is 3. The predicted octanol–water partition coefficient (Wildman–Crippen LogP) is 5.14. The second-order valence-corrected chi connectivity index (χ2v) is 6.86. The first-order valence-corrected chi connectivity index (χ1v) is 8.89. The molecule has 0 radical (unpaired) electrons. The number of ether oxygens (including phenoxy) is 3. The molecule has 1 aliphatic rings. The summed E-state index contributed by atoms with van der Waals surface area (Å²) in [4.78, 5) is 3.98. The smallest absolute Gasteiger partial charge is 0.300 e. The van der Waals surface area contributed by atoms with E-state index in [0.29, 0.717) is 32.9 Å². The lowest BCUT2D eigenvalue weighted by Crippen LogP contribution is -2.33. The molecule has 0 saturated heterocycles. The topological polar surface area (TPSA) is 58.4 Å². The Hall–Kier alpha value is -2.70. The zero-order valence-electron chi connectivity index (χ0n) is 14.3. The van der Waals surface area contributed by atoms with E-state index >= 15 is 0 Å². The van der Waals surface area contributed by atoms with E-state index in [9.17, 15) is 0 Å². The van der Waals surface area contributed by atoms with Crippen LogP contribution in [-0.2, 0) is 21.8 Å². The van der Waals surface area contributed by atoms with Gasteiger partial charge >= 0.3 is 5.79 Å². The van der Waals surface area contributed by atoms with Gasteiger partial charge in [-0.05, 0) is 49.4 Å². The number of allylic oxidation sites excluding steroid dienone is 1. The van der Waals surface area contributed by atoms with Crippen LogP contribution in [0.15, 0.2) is 67.1 Å². The fourth-order valence-corrected chi connectivity index (χ4v) is 3.10. The maximum atomic E-state index is 6.21. The first-order chi connectivity index (χ1) is 13.0. The van der Waals surface area contributed by atoms with E-state index in [0.717, 1.165) is 0 Å². The van der Waals surface area contributed by atoms with Crippen molar-refractivity contribution in [2.75, 3.05) is 0 Å². The zero-order valence-corrected chi connectivity index (χ0v) is 15.8. The van der Waals surface area contributed by atoms with Crippen molar-refractivity contribution in [3.8, 4) is 11.5 Å². The van der Waals surface area contributed by atoms with Crippen molar-refractivity contribution in [3.05, 3.63) is 82.7 Å². The Kier molecular flexibility index (Phi) is 4.68. The van der Waals surface area contributed by atoms with Crippen LogP contribution in [0, 0.1) is 0 Å². The van der Waals surface area contributed by atoms with E-state index in [-0.39, 0.29) is 6.54 Å². The Balaban J connectivity index is 1.75. The van der Waals surface area contributed by atoms with Crippen molar-refractivity contribution < 1.29 is 14.2 Å². The molecular formula is C19H15Cl2N3O3. The molecule has 1 aliphatic heterocycles. The fraction of sp³-hybridized carbons (Fsp3) is 0.158. The molecule has 1 atom stereocenters. The average molecular weight is 404 g/mol. The molecule has 0 bridgehead atoms. The van der Waals surface area contributed by atoms with Gasteiger partial charge in [0.2, 0.25) is 0 Å². The summed E-state index contributed by atoms with van der Waals surface area (Å²) >= 11 is 12.2. The van der Waals surface area contributed by atoms with Gasteiger partial charge in [0.05, 0.1) is 5.56 Å². The molecule has 0 amide bonds. The Morgan fingerprint density at radius 1 is 1.11 bits per heavy atom. The van der Waals surface area contributed by atoms with Crippen LogP contribution in [0.4, 0.5) is 0 Å². The van der Waals surface area contributed by atoms with Gasteiger partial charge in [-0.1, -0.05) is 23.2 Å². The van der Waals surface area contributed by atoms with Crippen LogP contribution in [0.1, 0.15) is 12.5 Å². The van der Waals surface area contributed by atoms with Gasteiger partial charge in [0.1, 0.15) is 42.7 Å². The molecule has 27 heavy (non-hydrogen) atoms. The normalized spacial score (nSPS) is 18.6. The Labute approximate surface area is 165 Å². The summed E-state index contributed by atoms with van der Waals surface area (Å²) in [5.74, 6) is 0.612. The third kappa shape index (κ3) is 3.72. The van der Waals surface area contributed by atoms with Crippen LogP contribution in [0.5, 0.6) is 11.5 Å². The molecule has 0 N–H and O–H groups in total. The largest absolute Gasteiger partial charge is 0.457 e. The third-order valence-electron chi connectivity index (χ3n) is 3.97. The highest BCUT2D eigenvalue weighted by atomic mass is 35.5. The molecule has 3 aromatic rings. The number of hydrogen-bond acceptors (Lipinski definition) is 5. The Morgan fingerprint density at radius 3 is 2.56 bits per heavy atom. The van der Waals surface area contributed by atoms with E-state index in [1.807, 2.05) is 13.0 Å². The molecule has 8 heteroatoms. The summed E-state index contributed by atoms with van der Waals surface area (Å²) in [6, 6.07) is 12.3. The predicted molar refractivity (Wildman–Crippen MR) is 101 cm³/mol. The van der Waals surface area contributed by atoms with Gasteiger partial charge in [-0.3, -0.25) is 0 Å². The SMILES string of the molecule is CC1=COC(Cn2cncn2)(c2ccc(Cl)cc2Oc2ccc(Cl)cc2)O1. The van der Waals surface area contributed by atoms with E-state index in [4.69, 9.17) is 37.4 Å². The number of benzene rings is 2. The highest BCUT2D eigenvalue weighted by molar-refractivity contribution is 6.31. The second kappa shape index (κ2) is 7.13. The molecule has 0 fully saturated rings. The molecule has 0 spiro atoms. The zero-order chi connectivity index (χ0) is 18.9. The lowest BCUT2D eigenvalue weighted by atomic mass is 10.0. The molecule has 6 nitrogen and oxygen atoms in total. The van der Waals surface area contributed by atoms with Crippen LogP contribution in [-0.4, -0.2) is 14.8 Å². The molecule has 1 aromatic heterocycles. The standard InChI is InChI=1S/C19H15Cl2N3O3/c1-13-9-25-19(27-13,10-24-12-22-11-23-24)17-7-4-15(21)8-18(17)26-16-5-2-14(20)3-6-16/h2-9,11-12H,10H2,1H3. The van der Waals surface area contributed by atoms with Gasteiger partial charge in [0.25, 0.3) is 0 Å². The van der Waals surface area contributed by atoms with Crippen LogP contribution in [0.25, 0.3) is 0 Å². The number of halogens is 2. The van der Waals surface area contributed by atoms with Gasteiger partial charge in [-0.15, -0.1) is 0 Å². The lowest BCUT2D eigenvalue weighted by molar-refractivity contribution is -0.169. The van der Waals surface area contributed by atoms with Gasteiger partial charge in [0.15, 0.2) is 0 Å². The van der Waals surface area contributed by atoms with Crippen molar-refractivity contribution in [2.45, 2.75) is 19.3 Å². The summed E-state index contributed by atoms with van der Waals surface area (Å²) in [5, 5.41) is 5.31. The van der Waals surface area contributed by atoms with Crippen LogP contribution < -0.4 is 4.74 Å². The maximum absolute atomic E-state index is 6.21. The molecular weight excluding hydrogens is 389 g/mol. The monoisotopic (exact) mass is 403 g/mol. The van der Waals surface area contributed by atoms with Crippen molar-refractivity contribution in [1.82, 2.24) is 14.8 Å². The number of hydrogen-bond donors (Lipinski definition) is 0. The van der Waals surface area contributed by atoms with Gasteiger partial charge in [-0.2, -0.15) is 5.10 Å². The van der Waals surface area contributed by atoms with E-state index in [2.05, 4.69) is 10.1 Å². The van der Waals surface area contributed by atoms with Crippen molar-refractivity contribution in [3.63, 3.8) is 0 Å². The molecule has 4 rings (SSSR count). The molecule has 2 aromatic carbocycles. The van der Waals surface area contributed by atoms with Crippen molar-refractivity contribution >= 4 is 23.2 Å². The second-order valence-electron chi connectivity index (χ2n) is 5.99. The Morgan fingerprint density at radius 2 is 1.89 bits per heavy atom. The van der Waals surface area contributed by atoms with Gasteiger partial charge in [-0.25, -0.2) is 9.67 Å². The quantitative estimate of drug-likeness (QED) is 0.590. The minimum absolute atomic E-state index is 0.277. The van der Waals surface area contributed by atoms with E-state index in [1.54, 1.807) is 53.7 Å². The molecule has 0 saturated carbocycles. The summed E-state index contributed by atoms with van der Waals surface area (Å²) in [6.45, 7) is 2.10. The van der Waals surface area contributed by atoms with E-state index < -0.39 is 5.79 Å². The van der Waals surface area contributed by atoms with Crippen LogP contribution in [0.3, 0.4) is 0 Å². The molecule has 0 aliphatic carbocycles. The van der Waals surface area contributed by atoms with Crippen LogP contribution >= 0.6 is 23.2 Å². The maximum Gasteiger partial charge on any atom is 0.300 e. The van der Waals surface area contributed by atoms with Gasteiger partial charge in [0, 0.05) is 10.0 Å².